The van der Waals surface area contributed by atoms with Crippen LogP contribution in [0.4, 0.5) is 0 Å². The lowest BCUT2D eigenvalue weighted by atomic mass is 10.1. The van der Waals surface area contributed by atoms with Gasteiger partial charge in [0.1, 0.15) is 5.75 Å². The zero-order valence-electron chi connectivity index (χ0n) is 12.6. The Balaban J connectivity index is 1.88. The molecule has 0 atom stereocenters. The number of hydrogen-bond donors (Lipinski definition) is 1. The maximum absolute atomic E-state index is 5.17. The summed E-state index contributed by atoms with van der Waals surface area (Å²) in [7, 11) is 1.69. The maximum Gasteiger partial charge on any atom is 0.193 e. The molecule has 1 aromatic carbocycles. The third-order valence-corrected chi connectivity index (χ3v) is 3.56. The molecule has 1 N–H and O–H groups in total. The van der Waals surface area contributed by atoms with Gasteiger partial charge in [-0.15, -0.1) is 0 Å². The second-order valence-corrected chi connectivity index (χ2v) is 5.03. The Morgan fingerprint density at radius 1 is 1.25 bits per heavy atom. The third-order valence-electron chi connectivity index (χ3n) is 3.56. The van der Waals surface area contributed by atoms with Crippen molar-refractivity contribution in [2.75, 3.05) is 33.3 Å². The molecule has 0 aromatic heterocycles. The predicted molar refractivity (Wildman–Crippen MR) is 83.5 cm³/mol. The van der Waals surface area contributed by atoms with Crippen molar-refractivity contribution in [1.82, 2.24) is 10.2 Å². The number of guanidine groups is 1. The van der Waals surface area contributed by atoms with Crippen LogP contribution < -0.4 is 10.1 Å². The lowest BCUT2D eigenvalue weighted by molar-refractivity contribution is 0.414. The fourth-order valence-electron chi connectivity index (χ4n) is 2.44. The Kier molecular flexibility index (Phi) is 5.71. The van der Waals surface area contributed by atoms with Crippen molar-refractivity contribution < 1.29 is 4.74 Å². The third kappa shape index (κ3) is 4.15. The molecular formula is C16H25N3O. The summed E-state index contributed by atoms with van der Waals surface area (Å²) in [6.45, 7) is 6.14. The Labute approximate surface area is 121 Å². The van der Waals surface area contributed by atoms with Crippen molar-refractivity contribution in [1.29, 1.82) is 0 Å². The van der Waals surface area contributed by atoms with E-state index in [2.05, 4.69) is 29.3 Å². The topological polar surface area (TPSA) is 36.9 Å². The van der Waals surface area contributed by atoms with E-state index in [9.17, 15) is 0 Å². The molecule has 4 heteroatoms. The molecule has 2 rings (SSSR count). The summed E-state index contributed by atoms with van der Waals surface area (Å²) in [6, 6.07) is 8.23. The number of benzene rings is 1. The first-order valence-corrected chi connectivity index (χ1v) is 7.49. The minimum atomic E-state index is 0.825. The highest BCUT2D eigenvalue weighted by Crippen LogP contribution is 2.12. The first-order valence-electron chi connectivity index (χ1n) is 7.49. The number of ether oxygens (including phenoxy) is 1. The van der Waals surface area contributed by atoms with Gasteiger partial charge in [0.25, 0.3) is 0 Å². The van der Waals surface area contributed by atoms with Gasteiger partial charge in [-0.3, -0.25) is 4.99 Å². The van der Waals surface area contributed by atoms with Gasteiger partial charge in [-0.2, -0.15) is 0 Å². The molecule has 0 aliphatic carbocycles. The standard InChI is InChI=1S/C16H25N3O/c1-3-17-16(19-12-4-5-13-19)18-11-10-14-6-8-15(20-2)9-7-14/h6-9H,3-5,10-13H2,1-2H3,(H,17,18). The molecule has 1 aromatic rings. The summed E-state index contributed by atoms with van der Waals surface area (Å²) in [5, 5.41) is 3.38. The molecule has 0 amide bonds. The summed E-state index contributed by atoms with van der Waals surface area (Å²) >= 11 is 0. The van der Waals surface area contributed by atoms with Crippen molar-refractivity contribution in [3.05, 3.63) is 29.8 Å². The zero-order valence-corrected chi connectivity index (χ0v) is 12.6. The van der Waals surface area contributed by atoms with Crippen molar-refractivity contribution in [3.63, 3.8) is 0 Å². The van der Waals surface area contributed by atoms with Gasteiger partial charge in [0.15, 0.2) is 5.96 Å². The molecule has 4 nitrogen and oxygen atoms in total. The van der Waals surface area contributed by atoms with Crippen LogP contribution in [-0.2, 0) is 6.42 Å². The fraction of sp³-hybridized carbons (Fsp3) is 0.562. The van der Waals surface area contributed by atoms with Gasteiger partial charge in [-0.25, -0.2) is 0 Å². The van der Waals surface area contributed by atoms with E-state index in [1.54, 1.807) is 7.11 Å². The molecule has 20 heavy (non-hydrogen) atoms. The normalized spacial score (nSPS) is 15.5. The van der Waals surface area contributed by atoms with E-state index in [4.69, 9.17) is 9.73 Å². The zero-order chi connectivity index (χ0) is 14.2. The molecule has 0 radical (unpaired) electrons. The van der Waals surface area contributed by atoms with Crippen LogP contribution >= 0.6 is 0 Å². The quantitative estimate of drug-likeness (QED) is 0.662. The maximum atomic E-state index is 5.17. The van der Waals surface area contributed by atoms with Gasteiger partial charge in [-0.05, 0) is 43.9 Å². The number of aliphatic imine (C=N–C) groups is 1. The van der Waals surface area contributed by atoms with Crippen LogP contribution in [0.2, 0.25) is 0 Å². The van der Waals surface area contributed by atoms with Gasteiger partial charge in [-0.1, -0.05) is 12.1 Å². The minimum absolute atomic E-state index is 0.825. The van der Waals surface area contributed by atoms with Crippen molar-refractivity contribution >= 4 is 5.96 Å². The van der Waals surface area contributed by atoms with Crippen molar-refractivity contribution in [3.8, 4) is 5.75 Å². The fourth-order valence-corrected chi connectivity index (χ4v) is 2.44. The molecule has 0 spiro atoms. The molecule has 0 bridgehead atoms. The van der Waals surface area contributed by atoms with E-state index in [0.717, 1.165) is 44.3 Å². The molecule has 1 aliphatic heterocycles. The number of methoxy groups -OCH3 is 1. The average molecular weight is 275 g/mol. The largest absolute Gasteiger partial charge is 0.497 e. The second-order valence-electron chi connectivity index (χ2n) is 5.03. The van der Waals surface area contributed by atoms with E-state index < -0.39 is 0 Å². The molecule has 0 unspecified atom stereocenters. The summed E-state index contributed by atoms with van der Waals surface area (Å²) in [5.74, 6) is 1.97. The summed E-state index contributed by atoms with van der Waals surface area (Å²) in [5.41, 5.74) is 1.30. The summed E-state index contributed by atoms with van der Waals surface area (Å²) < 4.78 is 5.17. The predicted octanol–water partition coefficient (Wildman–Crippen LogP) is 2.30. The van der Waals surface area contributed by atoms with Crippen LogP contribution in [0.15, 0.2) is 29.3 Å². The number of hydrogen-bond acceptors (Lipinski definition) is 2. The second kappa shape index (κ2) is 7.78. The monoisotopic (exact) mass is 275 g/mol. The van der Waals surface area contributed by atoms with E-state index in [0.29, 0.717) is 0 Å². The van der Waals surface area contributed by atoms with Crippen molar-refractivity contribution in [2.45, 2.75) is 26.2 Å². The molecule has 1 saturated heterocycles. The number of rotatable bonds is 5. The van der Waals surface area contributed by atoms with Crippen LogP contribution in [0.3, 0.4) is 0 Å². The lowest BCUT2D eigenvalue weighted by Gasteiger charge is -2.20. The highest BCUT2D eigenvalue weighted by Gasteiger charge is 2.14. The summed E-state index contributed by atoms with van der Waals surface area (Å²) in [6.07, 6.45) is 3.53. The minimum Gasteiger partial charge on any atom is -0.497 e. The molecule has 1 heterocycles. The van der Waals surface area contributed by atoms with Crippen LogP contribution in [0, 0.1) is 0 Å². The smallest absolute Gasteiger partial charge is 0.193 e. The molecular weight excluding hydrogens is 250 g/mol. The number of nitrogens with one attached hydrogen (secondary N) is 1. The first-order chi connectivity index (χ1) is 9.83. The van der Waals surface area contributed by atoms with Crippen LogP contribution in [-0.4, -0.2) is 44.1 Å². The van der Waals surface area contributed by atoms with E-state index in [1.165, 1.54) is 18.4 Å². The molecule has 1 aliphatic rings. The van der Waals surface area contributed by atoms with Crippen LogP contribution in [0.1, 0.15) is 25.3 Å². The Morgan fingerprint density at radius 2 is 1.95 bits per heavy atom. The van der Waals surface area contributed by atoms with Gasteiger partial charge in [0, 0.05) is 26.2 Å². The van der Waals surface area contributed by atoms with Gasteiger partial charge in [0.05, 0.1) is 7.11 Å². The highest BCUT2D eigenvalue weighted by atomic mass is 16.5. The van der Waals surface area contributed by atoms with Crippen molar-refractivity contribution in [2.24, 2.45) is 4.99 Å². The molecule has 1 fully saturated rings. The van der Waals surface area contributed by atoms with E-state index in [-0.39, 0.29) is 0 Å². The van der Waals surface area contributed by atoms with E-state index >= 15 is 0 Å². The van der Waals surface area contributed by atoms with Crippen LogP contribution in [0.25, 0.3) is 0 Å². The van der Waals surface area contributed by atoms with Crippen LogP contribution in [0.5, 0.6) is 5.75 Å². The lowest BCUT2D eigenvalue weighted by Crippen LogP contribution is -2.39. The molecule has 110 valence electrons. The number of likely N-dealkylation sites (tertiary alicyclic amines) is 1. The van der Waals surface area contributed by atoms with Gasteiger partial charge in [0.2, 0.25) is 0 Å². The number of nitrogens with zero attached hydrogens (tertiary/aromatic N) is 2. The van der Waals surface area contributed by atoms with E-state index in [1.807, 2.05) is 12.1 Å². The summed E-state index contributed by atoms with van der Waals surface area (Å²) in [4.78, 5) is 7.09. The Bertz CT molecular complexity index is 422. The molecule has 0 saturated carbocycles. The highest BCUT2D eigenvalue weighted by molar-refractivity contribution is 5.80. The SMILES string of the molecule is CCNC(=NCCc1ccc(OC)cc1)N1CCCC1. The Hall–Kier alpha value is -1.71. The average Bonchev–Trinajstić information content (AvgIpc) is 3.01. The first kappa shape index (κ1) is 14.7. The van der Waals surface area contributed by atoms with Gasteiger partial charge >= 0.3 is 0 Å². The Morgan fingerprint density at radius 3 is 2.55 bits per heavy atom. The van der Waals surface area contributed by atoms with Gasteiger partial charge < -0.3 is 15.0 Å².